The monoisotopic (exact) mass is 279 g/mol. The smallest absolute Gasteiger partial charge is 0.243 e. The molecule has 1 aromatic heterocycles. The minimum Gasteiger partial charge on any atom is -0.394 e. The van der Waals surface area contributed by atoms with Crippen molar-refractivity contribution in [2.45, 2.75) is 31.7 Å². The average molecular weight is 279 g/mol. The van der Waals surface area contributed by atoms with Crippen molar-refractivity contribution < 1.29 is 5.11 Å². The third kappa shape index (κ3) is 2.48. The highest BCUT2D eigenvalue weighted by Gasteiger charge is 2.28. The maximum absolute atomic E-state index is 9.44. The van der Waals surface area contributed by atoms with Gasteiger partial charge in [-0.15, -0.1) is 0 Å². The minimum absolute atomic E-state index is 0.0921. The molecule has 0 spiro atoms. The van der Waals surface area contributed by atoms with E-state index in [2.05, 4.69) is 25.3 Å². The van der Waals surface area contributed by atoms with Crippen LogP contribution in [0, 0.1) is 0 Å². The first-order valence-electron chi connectivity index (χ1n) is 7.17. The zero-order valence-corrected chi connectivity index (χ0v) is 11.5. The summed E-state index contributed by atoms with van der Waals surface area (Å²) in [5.41, 5.74) is 2.51. The molecule has 0 bridgehead atoms. The first-order chi connectivity index (χ1) is 9.81. The molecule has 3 heterocycles. The van der Waals surface area contributed by atoms with Gasteiger partial charge in [-0.2, -0.15) is 15.0 Å². The second-order valence-electron chi connectivity index (χ2n) is 5.27. The Morgan fingerprint density at radius 3 is 2.55 bits per heavy atom. The zero-order valence-electron chi connectivity index (χ0n) is 11.5. The molecule has 20 heavy (non-hydrogen) atoms. The molecule has 4 N–H and O–H groups in total. The number of nitrogens with zero attached hydrogens (tertiary/aromatic N) is 5. The van der Waals surface area contributed by atoms with Gasteiger partial charge in [0.05, 0.1) is 12.6 Å². The summed E-state index contributed by atoms with van der Waals surface area (Å²) >= 11 is 0. The van der Waals surface area contributed by atoms with Crippen LogP contribution in [0.15, 0.2) is 0 Å². The van der Waals surface area contributed by atoms with Crippen LogP contribution < -0.4 is 21.1 Å². The summed E-state index contributed by atoms with van der Waals surface area (Å²) in [5, 5.41) is 9.44. The van der Waals surface area contributed by atoms with Gasteiger partial charge in [0.2, 0.25) is 17.8 Å². The Balaban J connectivity index is 1.91. The lowest BCUT2D eigenvalue weighted by atomic mass is 10.2. The van der Waals surface area contributed by atoms with Crippen LogP contribution in [0.5, 0.6) is 0 Å². The highest BCUT2D eigenvalue weighted by Crippen LogP contribution is 2.25. The number of nitrogen functional groups attached to an aromatic ring is 1. The summed E-state index contributed by atoms with van der Waals surface area (Å²) in [4.78, 5) is 17.4. The van der Waals surface area contributed by atoms with Crippen LogP contribution in [0.25, 0.3) is 0 Å². The van der Waals surface area contributed by atoms with Crippen molar-refractivity contribution in [3.63, 3.8) is 0 Å². The third-order valence-corrected chi connectivity index (χ3v) is 3.97. The molecular weight excluding hydrogens is 258 g/mol. The lowest BCUT2D eigenvalue weighted by Crippen LogP contribution is -2.34. The molecule has 8 heteroatoms. The van der Waals surface area contributed by atoms with Crippen molar-refractivity contribution in [2.24, 2.45) is 5.84 Å². The standard InChI is InChI=1S/C12H21N7O/c13-17-10-14-11(18-5-1-2-6-18)16-12(15-10)19-7-3-4-9(19)8-20/h9,20H,1-8,13H2,(H,14,15,16,17). The Kier molecular flexibility index (Phi) is 3.83. The van der Waals surface area contributed by atoms with Crippen LogP contribution in [-0.4, -0.2) is 52.3 Å². The molecule has 0 aromatic carbocycles. The normalized spacial score (nSPS) is 22.6. The molecule has 1 unspecified atom stereocenters. The van der Waals surface area contributed by atoms with Crippen molar-refractivity contribution >= 4 is 17.8 Å². The van der Waals surface area contributed by atoms with E-state index in [1.54, 1.807) is 0 Å². The molecule has 0 saturated carbocycles. The van der Waals surface area contributed by atoms with E-state index >= 15 is 0 Å². The van der Waals surface area contributed by atoms with Gasteiger partial charge in [-0.3, -0.25) is 5.43 Å². The van der Waals surface area contributed by atoms with E-state index in [-0.39, 0.29) is 12.6 Å². The number of hydrogen-bond acceptors (Lipinski definition) is 8. The molecule has 110 valence electrons. The van der Waals surface area contributed by atoms with Gasteiger partial charge in [0.1, 0.15) is 0 Å². The summed E-state index contributed by atoms with van der Waals surface area (Å²) in [6.45, 7) is 2.92. The van der Waals surface area contributed by atoms with Crippen molar-refractivity contribution in [3.05, 3.63) is 0 Å². The SMILES string of the molecule is NNc1nc(N2CCCC2)nc(N2CCCC2CO)n1. The maximum atomic E-state index is 9.44. The molecule has 0 aliphatic carbocycles. The Hall–Kier alpha value is -1.67. The number of nitrogens with one attached hydrogen (secondary N) is 1. The number of nitrogens with two attached hydrogens (primary N) is 1. The molecule has 8 nitrogen and oxygen atoms in total. The molecule has 0 amide bonds. The van der Waals surface area contributed by atoms with E-state index in [9.17, 15) is 5.11 Å². The van der Waals surface area contributed by atoms with Crippen LogP contribution in [0.1, 0.15) is 25.7 Å². The molecule has 2 saturated heterocycles. The third-order valence-electron chi connectivity index (χ3n) is 3.97. The fourth-order valence-corrected chi connectivity index (χ4v) is 2.89. The summed E-state index contributed by atoms with van der Waals surface area (Å²) in [6.07, 6.45) is 4.33. The Labute approximate surface area is 118 Å². The Morgan fingerprint density at radius 1 is 1.10 bits per heavy atom. The van der Waals surface area contributed by atoms with E-state index in [1.165, 1.54) is 0 Å². The lowest BCUT2D eigenvalue weighted by molar-refractivity contribution is 0.265. The van der Waals surface area contributed by atoms with E-state index in [0.29, 0.717) is 17.8 Å². The molecular formula is C12H21N7O. The Bertz CT molecular complexity index is 463. The van der Waals surface area contributed by atoms with Crippen molar-refractivity contribution in [1.82, 2.24) is 15.0 Å². The van der Waals surface area contributed by atoms with Gasteiger partial charge in [0.25, 0.3) is 0 Å². The second kappa shape index (κ2) is 5.76. The topological polar surface area (TPSA) is 103 Å². The zero-order chi connectivity index (χ0) is 13.9. The summed E-state index contributed by atoms with van der Waals surface area (Å²) in [7, 11) is 0. The number of rotatable bonds is 4. The average Bonchev–Trinajstić information content (AvgIpc) is 3.17. The molecule has 2 aliphatic rings. The van der Waals surface area contributed by atoms with Gasteiger partial charge >= 0.3 is 0 Å². The highest BCUT2D eigenvalue weighted by molar-refractivity contribution is 5.46. The van der Waals surface area contributed by atoms with E-state index in [1.807, 2.05) is 4.90 Å². The predicted molar refractivity (Wildman–Crippen MR) is 76.5 cm³/mol. The van der Waals surface area contributed by atoms with Crippen LogP contribution >= 0.6 is 0 Å². The fourth-order valence-electron chi connectivity index (χ4n) is 2.89. The summed E-state index contributed by atoms with van der Waals surface area (Å²) in [5.74, 6) is 7.11. The van der Waals surface area contributed by atoms with Crippen LogP contribution in [0.3, 0.4) is 0 Å². The first kappa shape index (κ1) is 13.3. The largest absolute Gasteiger partial charge is 0.394 e. The lowest BCUT2D eigenvalue weighted by Gasteiger charge is -2.24. The molecule has 2 aliphatic heterocycles. The van der Waals surface area contributed by atoms with Crippen molar-refractivity contribution in [3.8, 4) is 0 Å². The number of hydrazine groups is 1. The van der Waals surface area contributed by atoms with Crippen molar-refractivity contribution in [1.29, 1.82) is 0 Å². The summed E-state index contributed by atoms with van der Waals surface area (Å²) < 4.78 is 0. The van der Waals surface area contributed by atoms with Gasteiger partial charge in [-0.05, 0) is 25.7 Å². The number of aliphatic hydroxyl groups excluding tert-OH is 1. The van der Waals surface area contributed by atoms with E-state index in [4.69, 9.17) is 5.84 Å². The number of anilines is 3. The number of hydrogen-bond donors (Lipinski definition) is 3. The molecule has 0 radical (unpaired) electrons. The molecule has 3 rings (SSSR count). The van der Waals surface area contributed by atoms with Gasteiger partial charge in [0, 0.05) is 19.6 Å². The fraction of sp³-hybridized carbons (Fsp3) is 0.750. The van der Waals surface area contributed by atoms with Gasteiger partial charge < -0.3 is 14.9 Å². The number of aromatic nitrogens is 3. The van der Waals surface area contributed by atoms with Gasteiger partial charge in [-0.25, -0.2) is 5.84 Å². The highest BCUT2D eigenvalue weighted by atomic mass is 16.3. The van der Waals surface area contributed by atoms with E-state index in [0.717, 1.165) is 45.3 Å². The van der Waals surface area contributed by atoms with E-state index < -0.39 is 0 Å². The van der Waals surface area contributed by atoms with Crippen LogP contribution in [-0.2, 0) is 0 Å². The molecule has 1 aromatic rings. The van der Waals surface area contributed by atoms with Crippen LogP contribution in [0.2, 0.25) is 0 Å². The Morgan fingerprint density at radius 2 is 1.85 bits per heavy atom. The van der Waals surface area contributed by atoms with Gasteiger partial charge in [0.15, 0.2) is 0 Å². The van der Waals surface area contributed by atoms with Crippen molar-refractivity contribution in [2.75, 3.05) is 41.5 Å². The molecule has 1 atom stereocenters. The predicted octanol–water partition coefficient (Wildman–Crippen LogP) is -0.282. The summed E-state index contributed by atoms with van der Waals surface area (Å²) in [6, 6.07) is 0.0921. The second-order valence-corrected chi connectivity index (χ2v) is 5.27. The maximum Gasteiger partial charge on any atom is 0.243 e. The first-order valence-corrected chi connectivity index (χ1v) is 7.17. The van der Waals surface area contributed by atoms with Crippen LogP contribution in [0.4, 0.5) is 17.8 Å². The molecule has 2 fully saturated rings. The number of aliphatic hydroxyl groups is 1. The van der Waals surface area contributed by atoms with Gasteiger partial charge in [-0.1, -0.05) is 0 Å². The quantitative estimate of drug-likeness (QED) is 0.511. The minimum atomic E-state index is 0.0921.